The van der Waals surface area contributed by atoms with Crippen molar-refractivity contribution < 1.29 is 27.9 Å². The highest BCUT2D eigenvalue weighted by Gasteiger charge is 2.48. The second-order valence-corrected chi connectivity index (χ2v) is 7.23. The summed E-state index contributed by atoms with van der Waals surface area (Å²) in [6.45, 7) is 0.162. The van der Waals surface area contributed by atoms with Gasteiger partial charge in [0.2, 0.25) is 5.91 Å². The minimum Gasteiger partial charge on any atom is -0.481 e. The number of carbonyl (C=O) groups excluding carboxylic acids is 1. The maximum Gasteiger partial charge on any atom is 0.416 e. The van der Waals surface area contributed by atoms with Gasteiger partial charge in [-0.15, -0.1) is 0 Å². The first kappa shape index (κ1) is 18.0. The number of rotatable bonds is 5. The van der Waals surface area contributed by atoms with Crippen LogP contribution in [0, 0.1) is 11.8 Å². The zero-order valence-electron chi connectivity index (χ0n) is 13.2. The molecule has 0 aliphatic heterocycles. The molecule has 3 rings (SSSR count). The van der Waals surface area contributed by atoms with Crippen LogP contribution >= 0.6 is 11.6 Å². The normalized spacial score (nSPS) is 24.3. The molecule has 25 heavy (non-hydrogen) atoms. The highest BCUT2D eigenvalue weighted by Crippen LogP contribution is 2.51. The number of halogens is 4. The fourth-order valence-electron chi connectivity index (χ4n) is 3.30. The van der Waals surface area contributed by atoms with Crippen molar-refractivity contribution in [2.24, 2.45) is 11.8 Å². The molecule has 2 saturated carbocycles. The summed E-state index contributed by atoms with van der Waals surface area (Å²) in [5, 5.41) is 12.0. The third-order valence-corrected chi connectivity index (χ3v) is 5.58. The van der Waals surface area contributed by atoms with Crippen LogP contribution in [-0.2, 0) is 21.2 Å². The molecule has 2 N–H and O–H groups in total. The lowest BCUT2D eigenvalue weighted by atomic mass is 9.73. The van der Waals surface area contributed by atoms with E-state index in [-0.39, 0.29) is 17.5 Å². The van der Waals surface area contributed by atoms with Crippen LogP contribution in [0.5, 0.6) is 0 Å². The molecule has 8 heteroatoms. The number of carbonyl (C=O) groups is 2. The Morgan fingerprint density at radius 3 is 2.36 bits per heavy atom. The first-order valence-corrected chi connectivity index (χ1v) is 8.40. The van der Waals surface area contributed by atoms with Gasteiger partial charge in [-0.05, 0) is 49.4 Å². The van der Waals surface area contributed by atoms with Crippen molar-refractivity contribution in [2.75, 3.05) is 6.54 Å². The van der Waals surface area contributed by atoms with Crippen LogP contribution in [0.15, 0.2) is 18.2 Å². The molecule has 2 fully saturated rings. The van der Waals surface area contributed by atoms with Crippen LogP contribution in [0.25, 0.3) is 0 Å². The lowest BCUT2D eigenvalue weighted by molar-refractivity contribution is -0.152. The smallest absolute Gasteiger partial charge is 0.416 e. The van der Waals surface area contributed by atoms with Crippen LogP contribution in [0.1, 0.15) is 36.8 Å². The lowest BCUT2D eigenvalue weighted by Gasteiger charge is -2.32. The van der Waals surface area contributed by atoms with Crippen LogP contribution in [-0.4, -0.2) is 23.5 Å². The fourth-order valence-corrected chi connectivity index (χ4v) is 3.62. The van der Waals surface area contributed by atoms with Gasteiger partial charge in [0.25, 0.3) is 0 Å². The van der Waals surface area contributed by atoms with Gasteiger partial charge in [-0.1, -0.05) is 11.6 Å². The third kappa shape index (κ3) is 3.47. The molecule has 2 aliphatic carbocycles. The van der Waals surface area contributed by atoms with Crippen molar-refractivity contribution >= 4 is 23.5 Å². The molecule has 4 nitrogen and oxygen atoms in total. The number of nitrogens with one attached hydrogen (secondary N) is 1. The standard InChI is InChI=1S/C17H17ClF3NO3/c18-13-4-1-9(17(19,20)21)7-12(13)16(5-6-16)8-22-14(23)10-2-3-11(10)15(24)25/h1,4,7,10-11H,2-3,5-6,8H2,(H,22,23)(H,24,25). The van der Waals surface area contributed by atoms with Crippen LogP contribution in [0.3, 0.4) is 0 Å². The highest BCUT2D eigenvalue weighted by molar-refractivity contribution is 6.31. The average Bonchev–Trinajstić information content (AvgIpc) is 3.23. The van der Waals surface area contributed by atoms with Crippen molar-refractivity contribution in [1.29, 1.82) is 0 Å². The molecular formula is C17H17ClF3NO3. The number of aliphatic carboxylic acids is 1. The van der Waals surface area contributed by atoms with Gasteiger partial charge >= 0.3 is 12.1 Å². The molecule has 0 saturated heterocycles. The lowest BCUT2D eigenvalue weighted by Crippen LogP contribution is -2.45. The largest absolute Gasteiger partial charge is 0.481 e. The van der Waals surface area contributed by atoms with Crippen molar-refractivity contribution in [3.63, 3.8) is 0 Å². The maximum atomic E-state index is 12.9. The topological polar surface area (TPSA) is 66.4 Å². The van der Waals surface area contributed by atoms with Crippen LogP contribution in [0.2, 0.25) is 5.02 Å². The number of alkyl halides is 3. The zero-order chi connectivity index (χ0) is 18.4. The van der Waals surface area contributed by atoms with E-state index in [2.05, 4.69) is 5.32 Å². The Balaban J connectivity index is 1.71. The molecule has 1 aromatic rings. The van der Waals surface area contributed by atoms with Gasteiger partial charge in [0.1, 0.15) is 0 Å². The van der Waals surface area contributed by atoms with Gasteiger partial charge in [0.05, 0.1) is 17.4 Å². The van der Waals surface area contributed by atoms with Gasteiger partial charge in [-0.2, -0.15) is 13.2 Å². The summed E-state index contributed by atoms with van der Waals surface area (Å²) in [6.07, 6.45) is -2.22. The first-order chi connectivity index (χ1) is 11.6. The molecule has 0 aromatic heterocycles. The highest BCUT2D eigenvalue weighted by atomic mass is 35.5. The Labute approximate surface area is 147 Å². The van der Waals surface area contributed by atoms with E-state index in [0.29, 0.717) is 31.2 Å². The van der Waals surface area contributed by atoms with Crippen molar-refractivity contribution in [2.45, 2.75) is 37.3 Å². The SMILES string of the molecule is O=C(O)C1CCC1C(=O)NCC1(c2cc(C(F)(F)F)ccc2Cl)CC1. The van der Waals surface area contributed by atoms with Gasteiger partial charge in [-0.3, -0.25) is 9.59 Å². The number of amides is 1. The van der Waals surface area contributed by atoms with E-state index in [1.54, 1.807) is 0 Å². The number of hydrogen-bond donors (Lipinski definition) is 2. The Bertz CT molecular complexity index is 716. The molecule has 0 spiro atoms. The zero-order valence-corrected chi connectivity index (χ0v) is 14.0. The van der Waals surface area contributed by atoms with Gasteiger partial charge in [0, 0.05) is 17.0 Å². The van der Waals surface area contributed by atoms with E-state index < -0.39 is 35.0 Å². The van der Waals surface area contributed by atoms with Crippen LogP contribution in [0.4, 0.5) is 13.2 Å². The minimum atomic E-state index is -4.46. The molecule has 2 unspecified atom stereocenters. The minimum absolute atomic E-state index is 0.162. The van der Waals surface area contributed by atoms with E-state index in [4.69, 9.17) is 16.7 Å². The summed E-state index contributed by atoms with van der Waals surface area (Å²) in [4.78, 5) is 23.2. The predicted octanol–water partition coefficient (Wildman–Crippen LogP) is 3.62. The van der Waals surface area contributed by atoms with E-state index >= 15 is 0 Å². The van der Waals surface area contributed by atoms with E-state index in [1.807, 2.05) is 0 Å². The van der Waals surface area contributed by atoms with Gasteiger partial charge < -0.3 is 10.4 Å². The fraction of sp³-hybridized carbons (Fsp3) is 0.529. The second kappa shape index (κ2) is 6.20. The maximum absolute atomic E-state index is 12.9. The van der Waals surface area contributed by atoms with Crippen molar-refractivity contribution in [1.82, 2.24) is 5.32 Å². The van der Waals surface area contributed by atoms with Gasteiger partial charge in [0.15, 0.2) is 0 Å². The van der Waals surface area contributed by atoms with E-state index in [9.17, 15) is 22.8 Å². The van der Waals surface area contributed by atoms with E-state index in [1.165, 1.54) is 6.07 Å². The molecule has 136 valence electrons. The van der Waals surface area contributed by atoms with Gasteiger partial charge in [-0.25, -0.2) is 0 Å². The molecule has 1 amide bonds. The second-order valence-electron chi connectivity index (χ2n) is 6.82. The molecule has 1 aromatic carbocycles. The Hall–Kier alpha value is -1.76. The average molecular weight is 376 g/mol. The third-order valence-electron chi connectivity index (χ3n) is 5.25. The molecule has 0 heterocycles. The number of benzene rings is 1. The molecule has 2 aliphatic rings. The Kier molecular flexibility index (Phi) is 4.47. The summed E-state index contributed by atoms with van der Waals surface area (Å²) < 4.78 is 38.8. The molecule has 2 atom stereocenters. The number of carboxylic acid groups (broad SMARTS) is 1. The first-order valence-electron chi connectivity index (χ1n) is 8.02. The molecule has 0 radical (unpaired) electrons. The Morgan fingerprint density at radius 2 is 1.88 bits per heavy atom. The summed E-state index contributed by atoms with van der Waals surface area (Å²) in [7, 11) is 0. The molecular weight excluding hydrogens is 359 g/mol. The van der Waals surface area contributed by atoms with Crippen molar-refractivity contribution in [3.05, 3.63) is 34.3 Å². The summed E-state index contributed by atoms with van der Waals surface area (Å²) in [5.74, 6) is -2.58. The van der Waals surface area contributed by atoms with Crippen LogP contribution < -0.4 is 5.32 Å². The quantitative estimate of drug-likeness (QED) is 0.826. The number of hydrogen-bond acceptors (Lipinski definition) is 2. The monoisotopic (exact) mass is 375 g/mol. The van der Waals surface area contributed by atoms with E-state index in [0.717, 1.165) is 12.1 Å². The van der Waals surface area contributed by atoms with Crippen molar-refractivity contribution in [3.8, 4) is 0 Å². The summed E-state index contributed by atoms with van der Waals surface area (Å²) in [6, 6.07) is 3.21. The predicted molar refractivity (Wildman–Crippen MR) is 84.2 cm³/mol. The number of carboxylic acids is 1. The molecule has 0 bridgehead atoms. The summed E-state index contributed by atoms with van der Waals surface area (Å²) in [5.41, 5.74) is -0.988. The Morgan fingerprint density at radius 1 is 1.24 bits per heavy atom. The summed E-state index contributed by atoms with van der Waals surface area (Å²) >= 11 is 6.09.